The second-order valence-corrected chi connectivity index (χ2v) is 7.93. The van der Waals surface area contributed by atoms with Gasteiger partial charge in [-0.05, 0) is 37.1 Å². The molecule has 2 aromatic rings. The number of hydrogen-bond donors (Lipinski definition) is 3. The monoisotopic (exact) mass is 383 g/mol. The number of aliphatic hydroxyl groups excluding tert-OH is 1. The van der Waals surface area contributed by atoms with Crippen LogP contribution in [0.3, 0.4) is 0 Å². The molecule has 1 aliphatic rings. The molecule has 1 heterocycles. The van der Waals surface area contributed by atoms with Gasteiger partial charge in [-0.1, -0.05) is 12.8 Å². The zero-order valence-corrected chi connectivity index (χ0v) is 14.6. The SMILES string of the molecule is O=S(=O)(Nc1cc(F)cc(F)c1)c1ccc(N[C@H]2CCCC[C@@H]2O)nc1. The molecule has 1 saturated carbocycles. The number of nitrogens with zero attached hydrogens (tertiary/aromatic N) is 1. The number of anilines is 2. The second kappa shape index (κ2) is 7.55. The van der Waals surface area contributed by atoms with E-state index in [0.717, 1.165) is 44.0 Å². The lowest BCUT2D eigenvalue weighted by Gasteiger charge is -2.28. The summed E-state index contributed by atoms with van der Waals surface area (Å²) >= 11 is 0. The van der Waals surface area contributed by atoms with Crippen LogP contribution in [0.2, 0.25) is 0 Å². The third-order valence-electron chi connectivity index (χ3n) is 4.22. The first-order chi connectivity index (χ1) is 12.3. The van der Waals surface area contributed by atoms with Crippen LogP contribution in [0.4, 0.5) is 20.3 Å². The van der Waals surface area contributed by atoms with E-state index in [9.17, 15) is 22.3 Å². The Hall–Kier alpha value is -2.26. The smallest absolute Gasteiger partial charge is 0.263 e. The summed E-state index contributed by atoms with van der Waals surface area (Å²) < 4.78 is 53.2. The van der Waals surface area contributed by atoms with Crippen molar-refractivity contribution in [1.29, 1.82) is 0 Å². The Bertz CT molecular complexity index is 855. The molecule has 3 rings (SSSR count). The van der Waals surface area contributed by atoms with Gasteiger partial charge < -0.3 is 10.4 Å². The Morgan fingerprint density at radius 2 is 1.77 bits per heavy atom. The fraction of sp³-hybridized carbons (Fsp3) is 0.353. The largest absolute Gasteiger partial charge is 0.391 e. The van der Waals surface area contributed by atoms with Crippen molar-refractivity contribution >= 4 is 21.5 Å². The van der Waals surface area contributed by atoms with Crippen molar-refractivity contribution < 1.29 is 22.3 Å². The number of sulfonamides is 1. The van der Waals surface area contributed by atoms with Gasteiger partial charge in [0.15, 0.2) is 0 Å². The highest BCUT2D eigenvalue weighted by molar-refractivity contribution is 7.92. The van der Waals surface area contributed by atoms with Crippen LogP contribution in [-0.4, -0.2) is 30.7 Å². The van der Waals surface area contributed by atoms with Crippen molar-refractivity contribution in [3.63, 3.8) is 0 Å². The first-order valence-electron chi connectivity index (χ1n) is 8.23. The maximum atomic E-state index is 13.2. The minimum absolute atomic E-state index is 0.118. The lowest BCUT2D eigenvalue weighted by atomic mass is 9.92. The van der Waals surface area contributed by atoms with E-state index >= 15 is 0 Å². The molecule has 1 fully saturated rings. The molecule has 0 amide bonds. The predicted molar refractivity (Wildman–Crippen MR) is 93.3 cm³/mol. The van der Waals surface area contributed by atoms with Crippen LogP contribution in [0.5, 0.6) is 0 Å². The molecule has 6 nitrogen and oxygen atoms in total. The molecule has 0 spiro atoms. The van der Waals surface area contributed by atoms with Gasteiger partial charge in [-0.25, -0.2) is 22.2 Å². The minimum Gasteiger partial charge on any atom is -0.391 e. The number of benzene rings is 1. The quantitative estimate of drug-likeness (QED) is 0.739. The summed E-state index contributed by atoms with van der Waals surface area (Å²) in [7, 11) is -4.03. The summed E-state index contributed by atoms with van der Waals surface area (Å²) in [6.07, 6.45) is 4.22. The van der Waals surface area contributed by atoms with E-state index in [1.165, 1.54) is 12.1 Å². The van der Waals surface area contributed by atoms with E-state index in [2.05, 4.69) is 15.0 Å². The highest BCUT2D eigenvalue weighted by Gasteiger charge is 2.23. The molecule has 1 aromatic heterocycles. The summed E-state index contributed by atoms with van der Waals surface area (Å²) in [5, 5.41) is 13.1. The normalized spacial score (nSPS) is 20.6. The highest BCUT2D eigenvalue weighted by Crippen LogP contribution is 2.23. The summed E-state index contributed by atoms with van der Waals surface area (Å²) in [6.45, 7) is 0. The van der Waals surface area contributed by atoms with Gasteiger partial charge in [-0.3, -0.25) is 4.72 Å². The Morgan fingerprint density at radius 3 is 2.38 bits per heavy atom. The van der Waals surface area contributed by atoms with Gasteiger partial charge >= 0.3 is 0 Å². The van der Waals surface area contributed by atoms with Crippen LogP contribution >= 0.6 is 0 Å². The van der Waals surface area contributed by atoms with Crippen LogP contribution in [0.1, 0.15) is 25.7 Å². The average molecular weight is 383 g/mol. The number of hydrogen-bond acceptors (Lipinski definition) is 5. The highest BCUT2D eigenvalue weighted by atomic mass is 32.2. The zero-order chi connectivity index (χ0) is 18.7. The number of aliphatic hydroxyl groups is 1. The fourth-order valence-corrected chi connectivity index (χ4v) is 3.91. The Balaban J connectivity index is 1.72. The standard InChI is InChI=1S/C17H19F2N3O3S/c18-11-7-12(19)9-13(8-11)22-26(24,25)14-5-6-17(20-10-14)21-15-3-1-2-4-16(15)23/h5-10,15-16,22-23H,1-4H2,(H,20,21)/t15-,16-/m0/s1. The third-order valence-corrected chi connectivity index (χ3v) is 5.59. The van der Waals surface area contributed by atoms with E-state index in [4.69, 9.17) is 0 Å². The molecule has 3 N–H and O–H groups in total. The van der Waals surface area contributed by atoms with E-state index in [0.29, 0.717) is 11.9 Å². The van der Waals surface area contributed by atoms with Crippen LogP contribution in [-0.2, 0) is 10.0 Å². The molecule has 26 heavy (non-hydrogen) atoms. The van der Waals surface area contributed by atoms with Crippen molar-refractivity contribution in [2.45, 2.75) is 42.7 Å². The van der Waals surface area contributed by atoms with Gasteiger partial charge in [0, 0.05) is 12.3 Å². The summed E-state index contributed by atoms with van der Waals surface area (Å²) in [4.78, 5) is 3.92. The van der Waals surface area contributed by atoms with Crippen molar-refractivity contribution in [3.8, 4) is 0 Å². The van der Waals surface area contributed by atoms with Crippen molar-refractivity contribution in [3.05, 3.63) is 48.2 Å². The van der Waals surface area contributed by atoms with Crippen LogP contribution < -0.4 is 10.0 Å². The number of nitrogens with one attached hydrogen (secondary N) is 2. The first kappa shape index (κ1) is 18.5. The maximum Gasteiger partial charge on any atom is 0.263 e. The van der Waals surface area contributed by atoms with Gasteiger partial charge in [0.25, 0.3) is 10.0 Å². The summed E-state index contributed by atoms with van der Waals surface area (Å²) in [5.41, 5.74) is -0.213. The molecule has 0 bridgehead atoms. The minimum atomic E-state index is -4.03. The van der Waals surface area contributed by atoms with E-state index in [1.54, 1.807) is 0 Å². The molecule has 140 valence electrons. The van der Waals surface area contributed by atoms with Gasteiger partial charge in [0.2, 0.25) is 0 Å². The molecular weight excluding hydrogens is 364 g/mol. The van der Waals surface area contributed by atoms with Crippen molar-refractivity contribution in [2.24, 2.45) is 0 Å². The Morgan fingerprint density at radius 1 is 1.08 bits per heavy atom. The lowest BCUT2D eigenvalue weighted by Crippen LogP contribution is -2.36. The van der Waals surface area contributed by atoms with Crippen LogP contribution in [0.15, 0.2) is 41.4 Å². The molecule has 9 heteroatoms. The molecular formula is C17H19F2N3O3S. The van der Waals surface area contributed by atoms with E-state index < -0.39 is 27.8 Å². The van der Waals surface area contributed by atoms with E-state index in [1.807, 2.05) is 0 Å². The molecule has 0 radical (unpaired) electrons. The molecule has 0 unspecified atom stereocenters. The van der Waals surface area contributed by atoms with Gasteiger partial charge in [0.05, 0.1) is 17.8 Å². The molecule has 0 saturated heterocycles. The maximum absolute atomic E-state index is 13.2. The number of pyridine rings is 1. The second-order valence-electron chi connectivity index (χ2n) is 6.25. The topological polar surface area (TPSA) is 91.3 Å². The average Bonchev–Trinajstić information content (AvgIpc) is 2.56. The number of rotatable bonds is 5. The Labute approximate surface area is 150 Å². The van der Waals surface area contributed by atoms with Crippen LogP contribution in [0, 0.1) is 11.6 Å². The molecule has 2 atom stereocenters. The molecule has 1 aromatic carbocycles. The molecule has 0 aliphatic heterocycles. The van der Waals surface area contributed by atoms with Gasteiger partial charge in [-0.15, -0.1) is 0 Å². The van der Waals surface area contributed by atoms with Crippen molar-refractivity contribution in [2.75, 3.05) is 10.0 Å². The first-order valence-corrected chi connectivity index (χ1v) is 9.71. The zero-order valence-electron chi connectivity index (χ0n) is 13.8. The number of halogens is 2. The summed E-state index contributed by atoms with van der Waals surface area (Å²) in [5.74, 6) is -1.32. The third kappa shape index (κ3) is 4.47. The fourth-order valence-electron chi connectivity index (χ4n) is 2.92. The number of aromatic nitrogens is 1. The van der Waals surface area contributed by atoms with Gasteiger partial charge in [-0.2, -0.15) is 0 Å². The summed E-state index contributed by atoms with van der Waals surface area (Å²) in [6, 6.07) is 5.12. The van der Waals surface area contributed by atoms with Crippen molar-refractivity contribution in [1.82, 2.24) is 4.98 Å². The van der Waals surface area contributed by atoms with E-state index in [-0.39, 0.29) is 16.6 Å². The van der Waals surface area contributed by atoms with Gasteiger partial charge in [0.1, 0.15) is 22.3 Å². The Kier molecular flexibility index (Phi) is 5.38. The predicted octanol–water partition coefficient (Wildman–Crippen LogP) is 2.88. The molecule has 1 aliphatic carbocycles. The lowest BCUT2D eigenvalue weighted by molar-refractivity contribution is 0.116. The van der Waals surface area contributed by atoms with Crippen LogP contribution in [0.25, 0.3) is 0 Å².